The molecule has 188 valence electrons. The van der Waals surface area contributed by atoms with Gasteiger partial charge < -0.3 is 24.8 Å². The van der Waals surface area contributed by atoms with Crippen LogP contribution < -0.4 is 10.6 Å². The summed E-state index contributed by atoms with van der Waals surface area (Å²) in [4.78, 5) is 49.7. The van der Waals surface area contributed by atoms with Crippen LogP contribution in [0.5, 0.6) is 0 Å². The van der Waals surface area contributed by atoms with E-state index >= 15 is 0 Å². The molecule has 1 unspecified atom stereocenters. The van der Waals surface area contributed by atoms with Crippen molar-refractivity contribution < 1.29 is 33.4 Å². The highest BCUT2D eigenvalue weighted by Gasteiger charge is 2.26. The molecule has 0 aliphatic heterocycles. The number of nitrogens with one attached hydrogen (secondary N) is 2. The summed E-state index contributed by atoms with van der Waals surface area (Å²) in [6.07, 6.45) is -1.05. The average Bonchev–Trinajstić information content (AvgIpc) is 2.80. The summed E-state index contributed by atoms with van der Waals surface area (Å²) in [5.74, 6) is -1.91. The van der Waals surface area contributed by atoms with Crippen molar-refractivity contribution in [3.63, 3.8) is 0 Å². The zero-order valence-corrected chi connectivity index (χ0v) is 20.8. The Morgan fingerprint density at radius 2 is 1.71 bits per heavy atom. The molecule has 0 saturated carbocycles. The SMILES string of the molecule is COC(=O)c1cc(Cl)ccc1NC(=O)C(CCC(=O)OC(C)(C)C)NC(=O)OCc1ccccc1. The number of methoxy groups -OCH3 is 1. The Kier molecular flexibility index (Phi) is 10.1. The predicted octanol–water partition coefficient (Wildman–Crippen LogP) is 4.48. The summed E-state index contributed by atoms with van der Waals surface area (Å²) < 4.78 is 15.2. The van der Waals surface area contributed by atoms with E-state index in [1.807, 2.05) is 6.07 Å². The third-order valence-electron chi connectivity index (χ3n) is 4.52. The van der Waals surface area contributed by atoms with E-state index in [1.54, 1.807) is 45.0 Å². The van der Waals surface area contributed by atoms with Gasteiger partial charge in [0.1, 0.15) is 18.2 Å². The highest BCUT2D eigenvalue weighted by molar-refractivity contribution is 6.31. The molecule has 2 rings (SSSR count). The lowest BCUT2D eigenvalue weighted by Gasteiger charge is -2.22. The predicted molar refractivity (Wildman–Crippen MR) is 130 cm³/mol. The molecule has 10 heteroatoms. The van der Waals surface area contributed by atoms with Gasteiger partial charge in [0.05, 0.1) is 18.4 Å². The van der Waals surface area contributed by atoms with Crippen LogP contribution in [-0.4, -0.2) is 42.7 Å². The minimum Gasteiger partial charge on any atom is -0.465 e. The third-order valence-corrected chi connectivity index (χ3v) is 4.76. The van der Waals surface area contributed by atoms with Gasteiger partial charge in [-0.05, 0) is 51.0 Å². The van der Waals surface area contributed by atoms with E-state index in [0.717, 1.165) is 5.56 Å². The number of hydrogen-bond acceptors (Lipinski definition) is 7. The van der Waals surface area contributed by atoms with Crippen LogP contribution in [0.25, 0.3) is 0 Å². The number of amides is 2. The maximum Gasteiger partial charge on any atom is 0.408 e. The normalized spacial score (nSPS) is 11.7. The van der Waals surface area contributed by atoms with Crippen molar-refractivity contribution in [2.24, 2.45) is 0 Å². The van der Waals surface area contributed by atoms with E-state index in [-0.39, 0.29) is 35.7 Å². The number of halogens is 1. The fraction of sp³-hybridized carbons (Fsp3) is 0.360. The first-order valence-corrected chi connectivity index (χ1v) is 11.2. The molecule has 0 heterocycles. The van der Waals surface area contributed by atoms with Crippen molar-refractivity contribution in [3.8, 4) is 0 Å². The highest BCUT2D eigenvalue weighted by Crippen LogP contribution is 2.22. The van der Waals surface area contributed by atoms with Crippen molar-refractivity contribution in [1.82, 2.24) is 5.32 Å². The molecule has 2 aromatic rings. The Bertz CT molecular complexity index is 1050. The molecule has 0 aromatic heterocycles. The van der Waals surface area contributed by atoms with E-state index in [4.69, 9.17) is 25.8 Å². The van der Waals surface area contributed by atoms with Crippen LogP contribution in [0.1, 0.15) is 49.5 Å². The fourth-order valence-electron chi connectivity index (χ4n) is 2.95. The van der Waals surface area contributed by atoms with Crippen molar-refractivity contribution >= 4 is 41.2 Å². The quantitative estimate of drug-likeness (QED) is 0.381. The van der Waals surface area contributed by atoms with Gasteiger partial charge in [-0.25, -0.2) is 9.59 Å². The Balaban J connectivity index is 2.14. The second-order valence-corrected chi connectivity index (χ2v) is 8.99. The van der Waals surface area contributed by atoms with E-state index in [1.165, 1.54) is 25.3 Å². The highest BCUT2D eigenvalue weighted by atomic mass is 35.5. The first-order chi connectivity index (χ1) is 16.5. The van der Waals surface area contributed by atoms with Crippen molar-refractivity contribution in [3.05, 3.63) is 64.7 Å². The van der Waals surface area contributed by atoms with E-state index in [0.29, 0.717) is 0 Å². The number of anilines is 1. The van der Waals surface area contributed by atoms with Crippen LogP contribution in [0.4, 0.5) is 10.5 Å². The van der Waals surface area contributed by atoms with Gasteiger partial charge in [0.2, 0.25) is 5.91 Å². The van der Waals surface area contributed by atoms with Gasteiger partial charge in [-0.3, -0.25) is 9.59 Å². The van der Waals surface area contributed by atoms with Crippen LogP contribution in [0.2, 0.25) is 5.02 Å². The first-order valence-electron chi connectivity index (χ1n) is 10.9. The van der Waals surface area contributed by atoms with Crippen molar-refractivity contribution in [2.75, 3.05) is 12.4 Å². The second-order valence-electron chi connectivity index (χ2n) is 8.55. The van der Waals surface area contributed by atoms with Gasteiger partial charge in [-0.2, -0.15) is 0 Å². The summed E-state index contributed by atoms with van der Waals surface area (Å²) in [6, 6.07) is 12.1. The molecule has 0 spiro atoms. The lowest BCUT2D eigenvalue weighted by atomic mass is 10.1. The Morgan fingerprint density at radius 1 is 1.03 bits per heavy atom. The monoisotopic (exact) mass is 504 g/mol. The maximum absolute atomic E-state index is 13.0. The molecule has 0 aliphatic carbocycles. The van der Waals surface area contributed by atoms with Crippen LogP contribution in [0.3, 0.4) is 0 Å². The molecule has 1 atom stereocenters. The number of alkyl carbamates (subject to hydrolysis) is 1. The van der Waals surface area contributed by atoms with Crippen LogP contribution in [0.15, 0.2) is 48.5 Å². The number of esters is 2. The molecule has 35 heavy (non-hydrogen) atoms. The number of carbonyl (C=O) groups is 4. The molecule has 9 nitrogen and oxygen atoms in total. The topological polar surface area (TPSA) is 120 Å². The Morgan fingerprint density at radius 3 is 2.34 bits per heavy atom. The lowest BCUT2D eigenvalue weighted by Crippen LogP contribution is -2.44. The molecule has 2 aromatic carbocycles. The average molecular weight is 505 g/mol. The van der Waals surface area contributed by atoms with Crippen LogP contribution >= 0.6 is 11.6 Å². The second kappa shape index (κ2) is 12.8. The Hall–Kier alpha value is -3.59. The first kappa shape index (κ1) is 27.7. The molecule has 0 bridgehead atoms. The van der Waals surface area contributed by atoms with E-state index in [9.17, 15) is 19.2 Å². The van der Waals surface area contributed by atoms with Crippen LogP contribution in [-0.2, 0) is 30.4 Å². The molecular formula is C25H29ClN2O7. The van der Waals surface area contributed by atoms with Gasteiger partial charge >= 0.3 is 18.0 Å². The van der Waals surface area contributed by atoms with Gasteiger partial charge in [0.25, 0.3) is 0 Å². The number of hydrogen-bond donors (Lipinski definition) is 2. The van der Waals surface area contributed by atoms with E-state index < -0.39 is 35.6 Å². The fourth-order valence-corrected chi connectivity index (χ4v) is 3.13. The maximum atomic E-state index is 13.0. The number of ether oxygens (including phenoxy) is 3. The molecule has 0 aliphatic rings. The zero-order chi connectivity index (χ0) is 26.0. The van der Waals surface area contributed by atoms with Crippen molar-refractivity contribution in [1.29, 1.82) is 0 Å². The van der Waals surface area contributed by atoms with E-state index in [2.05, 4.69) is 10.6 Å². The summed E-state index contributed by atoms with van der Waals surface area (Å²) in [5, 5.41) is 5.33. The van der Waals surface area contributed by atoms with Gasteiger partial charge in [-0.1, -0.05) is 41.9 Å². The molecule has 2 amide bonds. The molecule has 2 N–H and O–H groups in total. The smallest absolute Gasteiger partial charge is 0.408 e. The molecular weight excluding hydrogens is 476 g/mol. The largest absolute Gasteiger partial charge is 0.465 e. The van der Waals surface area contributed by atoms with Gasteiger partial charge in [0, 0.05) is 11.4 Å². The minimum absolute atomic E-state index is 0.00322. The minimum atomic E-state index is -1.16. The summed E-state index contributed by atoms with van der Waals surface area (Å²) in [6.45, 7) is 5.17. The third kappa shape index (κ3) is 9.66. The standard InChI is InChI=1S/C25H29ClN2O7/c1-25(2,3)35-21(29)13-12-20(28-24(32)34-15-16-8-6-5-7-9-16)22(30)27-19-11-10-17(26)14-18(19)23(31)33-4/h5-11,14,20H,12-13,15H2,1-4H3,(H,27,30)(H,28,32). The lowest BCUT2D eigenvalue weighted by molar-refractivity contribution is -0.155. The Labute approximate surface area is 209 Å². The van der Waals surface area contributed by atoms with Crippen LogP contribution in [0, 0.1) is 0 Å². The zero-order valence-electron chi connectivity index (χ0n) is 20.1. The summed E-state index contributed by atoms with van der Waals surface area (Å²) in [7, 11) is 1.20. The van der Waals surface area contributed by atoms with Gasteiger partial charge in [-0.15, -0.1) is 0 Å². The molecule has 0 radical (unpaired) electrons. The van der Waals surface area contributed by atoms with Gasteiger partial charge in [0.15, 0.2) is 0 Å². The molecule has 0 fully saturated rings. The summed E-state index contributed by atoms with van der Waals surface area (Å²) >= 11 is 5.96. The van der Waals surface area contributed by atoms with Crippen molar-refractivity contribution in [2.45, 2.75) is 51.9 Å². The summed E-state index contributed by atoms with van der Waals surface area (Å²) in [5.41, 5.74) is 0.232. The number of benzene rings is 2. The number of carbonyl (C=O) groups excluding carboxylic acids is 4. The molecule has 0 saturated heterocycles. The number of rotatable bonds is 9.